The van der Waals surface area contributed by atoms with Crippen molar-refractivity contribution in [3.63, 3.8) is 0 Å². The van der Waals surface area contributed by atoms with Gasteiger partial charge in [-0.05, 0) is 34.0 Å². The highest BCUT2D eigenvalue weighted by atomic mass is 32.2. The van der Waals surface area contributed by atoms with Crippen molar-refractivity contribution in [1.82, 2.24) is 0 Å². The highest BCUT2D eigenvalue weighted by Gasteiger charge is 2.48. The molecule has 0 bridgehead atoms. The van der Waals surface area contributed by atoms with Crippen LogP contribution in [0.25, 0.3) is 32.7 Å². The van der Waals surface area contributed by atoms with E-state index in [0.717, 1.165) is 5.39 Å². The fraction of sp³-hybridized carbons (Fsp3) is 0.0476. The number of rotatable bonds is 3. The Morgan fingerprint density at radius 1 is 0.724 bits per heavy atom. The fourth-order valence-electron chi connectivity index (χ4n) is 3.31. The molecule has 4 aromatic carbocycles. The second-order valence-corrected chi connectivity index (χ2v) is 7.86. The third kappa shape index (κ3) is 3.25. The van der Waals surface area contributed by atoms with E-state index in [1.54, 1.807) is 54.6 Å². The monoisotopic (exact) mass is 418 g/mol. The van der Waals surface area contributed by atoms with E-state index in [0.29, 0.717) is 21.9 Å². The van der Waals surface area contributed by atoms with Crippen molar-refractivity contribution in [1.29, 1.82) is 0 Å². The molecule has 0 aliphatic rings. The van der Waals surface area contributed by atoms with Crippen LogP contribution in [0, 0.1) is 0 Å². The summed E-state index contributed by atoms with van der Waals surface area (Å²) in [6.45, 7) is 0. The topological polar surface area (TPSA) is 63.6 Å². The Bertz CT molecular complexity index is 1330. The average Bonchev–Trinajstić information content (AvgIpc) is 2.66. The van der Waals surface area contributed by atoms with Gasteiger partial charge in [-0.2, -0.15) is 21.6 Å². The van der Waals surface area contributed by atoms with E-state index in [1.807, 2.05) is 0 Å². The molecule has 0 unspecified atom stereocenters. The number of fused-ring (bicyclic) bond motifs is 2. The maximum Gasteiger partial charge on any atom is 0.534 e. The zero-order valence-corrected chi connectivity index (χ0v) is 15.5. The molecule has 0 fully saturated rings. The number of phenols is 1. The Balaban J connectivity index is 2.04. The van der Waals surface area contributed by atoms with Gasteiger partial charge in [-0.15, -0.1) is 0 Å². The van der Waals surface area contributed by atoms with E-state index in [-0.39, 0.29) is 11.1 Å². The molecule has 8 heteroatoms. The molecule has 4 rings (SSSR count). The lowest BCUT2D eigenvalue weighted by molar-refractivity contribution is -0.0499. The summed E-state index contributed by atoms with van der Waals surface area (Å²) in [4.78, 5) is 0. The summed E-state index contributed by atoms with van der Waals surface area (Å²) in [7, 11) is -5.84. The molecule has 0 aliphatic heterocycles. The lowest BCUT2D eigenvalue weighted by Gasteiger charge is -2.15. The summed E-state index contributed by atoms with van der Waals surface area (Å²) in [5, 5.41) is 12.3. The summed E-state index contributed by atoms with van der Waals surface area (Å²) >= 11 is 0. The smallest absolute Gasteiger partial charge is 0.507 e. The zero-order chi connectivity index (χ0) is 20.8. The molecule has 148 valence electrons. The summed E-state index contributed by atoms with van der Waals surface area (Å²) in [6.07, 6.45) is 0. The van der Waals surface area contributed by atoms with Gasteiger partial charge in [-0.1, -0.05) is 60.7 Å². The minimum atomic E-state index is -5.84. The predicted octanol–water partition coefficient (Wildman–Crippen LogP) is 5.59. The van der Waals surface area contributed by atoms with Gasteiger partial charge in [-0.25, -0.2) is 0 Å². The van der Waals surface area contributed by atoms with Crippen LogP contribution in [0.2, 0.25) is 0 Å². The van der Waals surface area contributed by atoms with Crippen LogP contribution >= 0.6 is 0 Å². The first-order chi connectivity index (χ1) is 13.7. The Labute approximate surface area is 163 Å². The number of hydrogen-bond donors (Lipinski definition) is 1. The van der Waals surface area contributed by atoms with Crippen molar-refractivity contribution in [2.45, 2.75) is 5.51 Å². The molecule has 0 saturated carbocycles. The number of benzene rings is 4. The summed E-state index contributed by atoms with van der Waals surface area (Å²) in [5.74, 6) is -0.445. The zero-order valence-electron chi connectivity index (χ0n) is 14.6. The van der Waals surface area contributed by atoms with Crippen molar-refractivity contribution in [2.24, 2.45) is 0 Å². The van der Waals surface area contributed by atoms with Crippen molar-refractivity contribution in [3.8, 4) is 22.6 Å². The predicted molar refractivity (Wildman–Crippen MR) is 104 cm³/mol. The molecule has 4 nitrogen and oxygen atoms in total. The largest absolute Gasteiger partial charge is 0.534 e. The van der Waals surface area contributed by atoms with Crippen molar-refractivity contribution < 1.29 is 30.9 Å². The minimum absolute atomic E-state index is 0.00332. The molecule has 1 N–H and O–H groups in total. The van der Waals surface area contributed by atoms with E-state index in [9.17, 15) is 26.7 Å². The van der Waals surface area contributed by atoms with Gasteiger partial charge >= 0.3 is 15.6 Å². The second-order valence-electron chi connectivity index (χ2n) is 6.32. The summed E-state index contributed by atoms with van der Waals surface area (Å²) in [5.41, 5.74) is -4.59. The average molecular weight is 418 g/mol. The molecular weight excluding hydrogens is 405 g/mol. The quantitative estimate of drug-likeness (QED) is 0.348. The van der Waals surface area contributed by atoms with Crippen LogP contribution in [0.5, 0.6) is 11.5 Å². The number of halogens is 3. The van der Waals surface area contributed by atoms with E-state index >= 15 is 0 Å². The van der Waals surface area contributed by atoms with Gasteiger partial charge in [0.2, 0.25) is 0 Å². The SMILES string of the molecule is O=S(=O)(Oc1cccc2cccc(-c3cccc4cccc(O)c34)c12)C(F)(F)F. The van der Waals surface area contributed by atoms with Crippen LogP contribution in [-0.4, -0.2) is 19.0 Å². The Hall–Kier alpha value is -3.26. The van der Waals surface area contributed by atoms with Gasteiger partial charge < -0.3 is 9.29 Å². The van der Waals surface area contributed by atoms with E-state index in [2.05, 4.69) is 4.18 Å². The maximum absolute atomic E-state index is 12.9. The van der Waals surface area contributed by atoms with Crippen molar-refractivity contribution >= 4 is 31.7 Å². The molecule has 0 aliphatic carbocycles. The normalized spacial score (nSPS) is 12.4. The van der Waals surface area contributed by atoms with E-state index in [1.165, 1.54) is 18.2 Å². The first-order valence-corrected chi connectivity index (χ1v) is 9.83. The summed E-state index contributed by atoms with van der Waals surface area (Å²) in [6, 6.07) is 19.4. The molecular formula is C21H13F3O4S. The van der Waals surface area contributed by atoms with Gasteiger partial charge in [0.15, 0.2) is 5.75 Å². The van der Waals surface area contributed by atoms with Crippen molar-refractivity contribution in [2.75, 3.05) is 0 Å². The Morgan fingerprint density at radius 2 is 1.21 bits per heavy atom. The fourth-order valence-corrected chi connectivity index (χ4v) is 3.78. The number of aromatic hydroxyl groups is 1. The Morgan fingerprint density at radius 3 is 1.79 bits per heavy atom. The molecule has 4 aromatic rings. The van der Waals surface area contributed by atoms with E-state index in [4.69, 9.17) is 0 Å². The third-order valence-corrected chi connectivity index (χ3v) is 5.49. The Kier molecular flexibility index (Phi) is 4.38. The molecule has 0 atom stereocenters. The number of hydrogen-bond acceptors (Lipinski definition) is 4. The van der Waals surface area contributed by atoms with Crippen LogP contribution in [0.3, 0.4) is 0 Å². The third-order valence-electron chi connectivity index (χ3n) is 4.52. The van der Waals surface area contributed by atoms with Gasteiger partial charge in [0.05, 0.1) is 0 Å². The van der Waals surface area contributed by atoms with Crippen molar-refractivity contribution in [3.05, 3.63) is 72.8 Å². The molecule has 0 radical (unpaired) electrons. The first kappa shape index (κ1) is 19.1. The number of phenolic OH excluding ortho intramolecular Hbond substituents is 1. The molecule has 0 aromatic heterocycles. The van der Waals surface area contributed by atoms with Crippen LogP contribution < -0.4 is 4.18 Å². The lowest BCUT2D eigenvalue weighted by Crippen LogP contribution is -2.28. The first-order valence-electron chi connectivity index (χ1n) is 8.42. The molecule has 29 heavy (non-hydrogen) atoms. The molecule has 0 heterocycles. The van der Waals surface area contributed by atoms with Crippen LogP contribution in [0.15, 0.2) is 72.8 Å². The van der Waals surface area contributed by atoms with Crippen LogP contribution in [0.4, 0.5) is 13.2 Å². The second kappa shape index (κ2) is 6.66. The number of alkyl halides is 3. The lowest BCUT2D eigenvalue weighted by atomic mass is 9.93. The highest BCUT2D eigenvalue weighted by molar-refractivity contribution is 7.88. The standard InChI is InChI=1S/C21H13F3O4S/c22-21(23,24)29(26,27)28-18-12-4-8-14-6-2-10-16(20(14)18)15-9-1-5-13-7-3-11-17(25)19(13)15/h1-12,25H. The van der Waals surface area contributed by atoms with Gasteiger partial charge in [-0.3, -0.25) is 0 Å². The highest BCUT2D eigenvalue weighted by Crippen LogP contribution is 2.42. The van der Waals surface area contributed by atoms with Gasteiger partial charge in [0.25, 0.3) is 0 Å². The van der Waals surface area contributed by atoms with Gasteiger partial charge in [0.1, 0.15) is 5.75 Å². The molecule has 0 saturated heterocycles. The molecule has 0 amide bonds. The van der Waals surface area contributed by atoms with E-state index < -0.39 is 21.4 Å². The molecule has 0 spiro atoms. The van der Waals surface area contributed by atoms with Crippen LogP contribution in [-0.2, 0) is 10.1 Å². The van der Waals surface area contributed by atoms with Crippen LogP contribution in [0.1, 0.15) is 0 Å². The van der Waals surface area contributed by atoms with Gasteiger partial charge in [0, 0.05) is 10.8 Å². The minimum Gasteiger partial charge on any atom is -0.507 e. The maximum atomic E-state index is 12.9. The summed E-state index contributed by atoms with van der Waals surface area (Å²) < 4.78 is 66.2.